The first-order valence-corrected chi connectivity index (χ1v) is 5.69. The van der Waals surface area contributed by atoms with E-state index < -0.39 is 0 Å². The number of aryl methyl sites for hydroxylation is 1. The molecule has 0 bridgehead atoms. The third kappa shape index (κ3) is 2.70. The lowest BCUT2D eigenvalue weighted by Gasteiger charge is -2.20. The summed E-state index contributed by atoms with van der Waals surface area (Å²) in [5.41, 5.74) is 7.72. The number of aromatic nitrogens is 2. The van der Waals surface area contributed by atoms with Crippen LogP contribution in [0.15, 0.2) is 0 Å². The minimum atomic E-state index is -0.0772. The van der Waals surface area contributed by atoms with Crippen LogP contribution in [0.2, 0.25) is 0 Å². The highest BCUT2D eigenvalue weighted by Crippen LogP contribution is 2.24. The predicted molar refractivity (Wildman–Crippen MR) is 65.1 cm³/mol. The van der Waals surface area contributed by atoms with E-state index in [9.17, 15) is 0 Å². The van der Waals surface area contributed by atoms with Gasteiger partial charge in [-0.1, -0.05) is 13.8 Å². The Hall–Kier alpha value is -1.16. The summed E-state index contributed by atoms with van der Waals surface area (Å²) >= 11 is 0. The fraction of sp³-hybridized carbons (Fsp3) is 0.667. The van der Waals surface area contributed by atoms with Gasteiger partial charge in [0.15, 0.2) is 5.82 Å². The molecule has 1 heterocycles. The van der Waals surface area contributed by atoms with Crippen molar-refractivity contribution in [3.8, 4) is 0 Å². The van der Waals surface area contributed by atoms with Gasteiger partial charge in [0.2, 0.25) is 0 Å². The predicted octanol–water partition coefficient (Wildman–Crippen LogP) is 2.41. The van der Waals surface area contributed by atoms with Gasteiger partial charge in [0.1, 0.15) is 11.9 Å². The van der Waals surface area contributed by atoms with Crippen molar-refractivity contribution in [2.75, 3.05) is 12.3 Å². The van der Waals surface area contributed by atoms with Crippen molar-refractivity contribution in [2.24, 2.45) is 5.92 Å². The summed E-state index contributed by atoms with van der Waals surface area (Å²) in [4.78, 5) is 8.77. The van der Waals surface area contributed by atoms with E-state index in [0.717, 1.165) is 11.3 Å². The van der Waals surface area contributed by atoms with Crippen LogP contribution in [0.25, 0.3) is 0 Å². The molecule has 0 saturated heterocycles. The quantitative estimate of drug-likeness (QED) is 0.851. The van der Waals surface area contributed by atoms with E-state index >= 15 is 0 Å². The molecule has 0 aliphatic rings. The number of nitrogens with zero attached hydrogens (tertiary/aromatic N) is 2. The molecule has 90 valence electrons. The molecule has 0 aliphatic heterocycles. The Kier molecular flexibility index (Phi) is 4.24. The molecule has 1 aromatic rings. The van der Waals surface area contributed by atoms with Crippen LogP contribution in [-0.2, 0) is 4.74 Å². The van der Waals surface area contributed by atoms with Crippen molar-refractivity contribution >= 4 is 5.82 Å². The van der Waals surface area contributed by atoms with Crippen LogP contribution >= 0.6 is 0 Å². The maximum atomic E-state index is 5.85. The summed E-state index contributed by atoms with van der Waals surface area (Å²) in [7, 11) is 0. The lowest BCUT2D eigenvalue weighted by molar-refractivity contribution is 0.0232. The van der Waals surface area contributed by atoms with Crippen LogP contribution in [0.1, 0.15) is 44.0 Å². The van der Waals surface area contributed by atoms with E-state index in [4.69, 9.17) is 10.5 Å². The first kappa shape index (κ1) is 12.9. The molecular weight excluding hydrogens is 202 g/mol. The van der Waals surface area contributed by atoms with Crippen LogP contribution < -0.4 is 5.73 Å². The Morgan fingerprint density at radius 2 is 1.88 bits per heavy atom. The van der Waals surface area contributed by atoms with Gasteiger partial charge in [-0.2, -0.15) is 0 Å². The second-order valence-corrected chi connectivity index (χ2v) is 4.30. The molecule has 1 atom stereocenters. The van der Waals surface area contributed by atoms with E-state index in [1.54, 1.807) is 0 Å². The molecule has 0 radical (unpaired) electrons. The molecular formula is C12H21N3O. The minimum absolute atomic E-state index is 0.0772. The molecule has 1 aromatic heterocycles. The Morgan fingerprint density at radius 3 is 2.31 bits per heavy atom. The molecule has 0 saturated carbocycles. The van der Waals surface area contributed by atoms with Crippen LogP contribution in [0, 0.1) is 19.8 Å². The summed E-state index contributed by atoms with van der Waals surface area (Å²) in [6.45, 7) is 10.7. The summed E-state index contributed by atoms with van der Waals surface area (Å²) in [6, 6.07) is 0. The summed E-state index contributed by atoms with van der Waals surface area (Å²) < 4.78 is 5.66. The van der Waals surface area contributed by atoms with Gasteiger partial charge < -0.3 is 10.5 Å². The lowest BCUT2D eigenvalue weighted by Crippen LogP contribution is -2.16. The largest absolute Gasteiger partial charge is 0.383 e. The highest BCUT2D eigenvalue weighted by atomic mass is 16.5. The lowest BCUT2D eigenvalue weighted by atomic mass is 10.1. The van der Waals surface area contributed by atoms with E-state index in [1.165, 1.54) is 0 Å². The number of rotatable bonds is 4. The van der Waals surface area contributed by atoms with Crippen LogP contribution in [0.3, 0.4) is 0 Å². The number of anilines is 1. The second kappa shape index (κ2) is 5.25. The van der Waals surface area contributed by atoms with Crippen LogP contribution in [0.4, 0.5) is 5.82 Å². The molecule has 1 unspecified atom stereocenters. The molecule has 2 N–H and O–H groups in total. The van der Waals surface area contributed by atoms with Crippen molar-refractivity contribution < 1.29 is 4.74 Å². The van der Waals surface area contributed by atoms with Gasteiger partial charge in [-0.3, -0.25) is 0 Å². The smallest absolute Gasteiger partial charge is 0.159 e. The zero-order valence-corrected chi connectivity index (χ0v) is 10.7. The summed E-state index contributed by atoms with van der Waals surface area (Å²) in [5.74, 6) is 1.58. The Morgan fingerprint density at radius 1 is 1.25 bits per heavy atom. The molecule has 0 amide bonds. The molecule has 0 spiro atoms. The molecule has 1 rings (SSSR count). The average Bonchev–Trinajstić information content (AvgIpc) is 2.21. The monoisotopic (exact) mass is 223 g/mol. The summed E-state index contributed by atoms with van der Waals surface area (Å²) in [5, 5.41) is 0. The Bertz CT molecular complexity index is 340. The average molecular weight is 223 g/mol. The minimum Gasteiger partial charge on any atom is -0.383 e. The second-order valence-electron chi connectivity index (χ2n) is 4.30. The van der Waals surface area contributed by atoms with Gasteiger partial charge in [0.25, 0.3) is 0 Å². The first-order valence-electron chi connectivity index (χ1n) is 5.69. The first-order chi connectivity index (χ1) is 7.47. The van der Waals surface area contributed by atoms with Gasteiger partial charge in [-0.15, -0.1) is 0 Å². The van der Waals surface area contributed by atoms with E-state index in [2.05, 4.69) is 23.8 Å². The van der Waals surface area contributed by atoms with Crippen LogP contribution in [0.5, 0.6) is 0 Å². The maximum Gasteiger partial charge on any atom is 0.159 e. The number of nitrogens with two attached hydrogens (primary N) is 1. The van der Waals surface area contributed by atoms with Gasteiger partial charge in [-0.05, 0) is 26.7 Å². The molecule has 4 nitrogen and oxygen atoms in total. The van der Waals surface area contributed by atoms with Gasteiger partial charge in [0.05, 0.1) is 0 Å². The number of nitrogen functional groups attached to an aromatic ring is 1. The van der Waals surface area contributed by atoms with Crippen molar-refractivity contribution in [3.05, 3.63) is 17.1 Å². The van der Waals surface area contributed by atoms with Gasteiger partial charge in [0, 0.05) is 17.9 Å². The van der Waals surface area contributed by atoms with Gasteiger partial charge >= 0.3 is 0 Å². The summed E-state index contributed by atoms with van der Waals surface area (Å²) in [6.07, 6.45) is -0.0772. The Balaban J connectivity index is 3.10. The van der Waals surface area contributed by atoms with Crippen molar-refractivity contribution in [2.45, 2.75) is 40.7 Å². The Labute approximate surface area is 97.2 Å². The highest BCUT2D eigenvalue weighted by Gasteiger charge is 2.20. The third-order valence-corrected chi connectivity index (χ3v) is 2.65. The molecule has 16 heavy (non-hydrogen) atoms. The van der Waals surface area contributed by atoms with Crippen molar-refractivity contribution in [1.29, 1.82) is 0 Å². The molecule has 0 fully saturated rings. The fourth-order valence-corrected chi connectivity index (χ4v) is 1.55. The zero-order chi connectivity index (χ0) is 12.3. The SMILES string of the molecule is CCOC(c1nc(C)c(C)c(N)n1)C(C)C. The normalized spacial score (nSPS) is 13.1. The van der Waals surface area contributed by atoms with E-state index in [-0.39, 0.29) is 6.10 Å². The number of hydrogen-bond acceptors (Lipinski definition) is 4. The number of hydrogen-bond donors (Lipinski definition) is 1. The molecule has 0 aliphatic carbocycles. The van der Waals surface area contributed by atoms with Crippen LogP contribution in [-0.4, -0.2) is 16.6 Å². The third-order valence-electron chi connectivity index (χ3n) is 2.65. The van der Waals surface area contributed by atoms with Crippen molar-refractivity contribution in [3.63, 3.8) is 0 Å². The molecule has 4 heteroatoms. The standard InChI is InChI=1S/C12H21N3O/c1-6-16-10(7(2)3)12-14-9(5)8(4)11(13)15-12/h7,10H,6H2,1-5H3,(H2,13,14,15). The molecule has 0 aromatic carbocycles. The highest BCUT2D eigenvalue weighted by molar-refractivity contribution is 5.40. The topological polar surface area (TPSA) is 61.0 Å². The van der Waals surface area contributed by atoms with E-state index in [1.807, 2.05) is 20.8 Å². The fourth-order valence-electron chi connectivity index (χ4n) is 1.55. The zero-order valence-electron chi connectivity index (χ0n) is 10.7. The van der Waals surface area contributed by atoms with E-state index in [0.29, 0.717) is 24.2 Å². The van der Waals surface area contributed by atoms with Gasteiger partial charge in [-0.25, -0.2) is 9.97 Å². The number of ether oxygens (including phenoxy) is 1. The van der Waals surface area contributed by atoms with Crippen molar-refractivity contribution in [1.82, 2.24) is 9.97 Å². The maximum absolute atomic E-state index is 5.85.